The topological polar surface area (TPSA) is 71.3 Å². The van der Waals surface area contributed by atoms with Crippen molar-refractivity contribution < 1.29 is 4.79 Å². The number of carbonyl (C=O) groups excluding carboxylic acids is 1. The summed E-state index contributed by atoms with van der Waals surface area (Å²) in [5.41, 5.74) is 1.68. The first-order valence-corrected chi connectivity index (χ1v) is 8.90. The van der Waals surface area contributed by atoms with Gasteiger partial charge in [0.25, 0.3) is 5.56 Å². The normalized spacial score (nSPS) is 17.2. The van der Waals surface area contributed by atoms with Gasteiger partial charge in [0.05, 0.1) is 5.69 Å². The third-order valence-electron chi connectivity index (χ3n) is 4.76. The molecule has 26 heavy (non-hydrogen) atoms. The number of aryl methyl sites for hydroxylation is 1. The fourth-order valence-corrected chi connectivity index (χ4v) is 3.30. The zero-order valence-electron chi connectivity index (χ0n) is 15.6. The number of piperidine rings is 1. The largest absolute Gasteiger partial charge is 0.363 e. The monoisotopic (exact) mass is 355 g/mol. The lowest BCUT2D eigenvalue weighted by molar-refractivity contribution is -0.133. The van der Waals surface area contributed by atoms with Crippen LogP contribution in [0.1, 0.15) is 30.0 Å². The van der Waals surface area contributed by atoms with E-state index in [0.29, 0.717) is 6.54 Å². The van der Waals surface area contributed by atoms with E-state index in [-0.39, 0.29) is 23.9 Å². The van der Waals surface area contributed by atoms with Gasteiger partial charge in [-0.05, 0) is 43.5 Å². The molecule has 0 saturated carbocycles. The van der Waals surface area contributed by atoms with Gasteiger partial charge in [0, 0.05) is 45.4 Å². The molecule has 1 amide bonds. The Kier molecular flexibility index (Phi) is 5.35. The van der Waals surface area contributed by atoms with Gasteiger partial charge in [-0.2, -0.15) is 5.10 Å². The first-order chi connectivity index (χ1) is 12.4. The minimum Gasteiger partial charge on any atom is -0.363 e. The number of anilines is 1. The smallest absolute Gasteiger partial charge is 0.267 e. The second-order valence-corrected chi connectivity index (χ2v) is 6.99. The van der Waals surface area contributed by atoms with Crippen molar-refractivity contribution in [3.05, 3.63) is 52.1 Å². The number of likely N-dealkylation sites (tertiary alicyclic amines) is 1. The van der Waals surface area contributed by atoms with E-state index in [9.17, 15) is 9.59 Å². The molecule has 1 atom stereocenters. The average molecular weight is 355 g/mol. The Morgan fingerprint density at radius 3 is 2.88 bits per heavy atom. The standard InChI is InChI=1S/C19H25N5O2/c1-14-6-7-18(25)24(21-14)13-19(26)23-10-4-5-16(12-23)15-8-9-20-17(11-15)22(2)3/h6-9,11,16H,4-5,10,12-13H2,1-3H3/t16-/m1/s1. The summed E-state index contributed by atoms with van der Waals surface area (Å²) in [6, 6.07) is 7.23. The van der Waals surface area contributed by atoms with Crippen LogP contribution >= 0.6 is 0 Å². The molecule has 7 heteroatoms. The molecule has 7 nitrogen and oxygen atoms in total. The molecule has 2 aromatic heterocycles. The van der Waals surface area contributed by atoms with E-state index in [1.807, 2.05) is 43.1 Å². The quantitative estimate of drug-likeness (QED) is 0.829. The first-order valence-electron chi connectivity index (χ1n) is 8.90. The predicted octanol–water partition coefficient (Wildman–Crippen LogP) is 1.42. The van der Waals surface area contributed by atoms with Crippen molar-refractivity contribution in [1.29, 1.82) is 0 Å². The maximum atomic E-state index is 12.7. The first kappa shape index (κ1) is 18.1. The van der Waals surface area contributed by atoms with Crippen molar-refractivity contribution in [2.45, 2.75) is 32.2 Å². The van der Waals surface area contributed by atoms with Crippen LogP contribution in [0.2, 0.25) is 0 Å². The maximum absolute atomic E-state index is 12.7. The van der Waals surface area contributed by atoms with Gasteiger partial charge in [0.15, 0.2) is 0 Å². The summed E-state index contributed by atoms with van der Waals surface area (Å²) in [7, 11) is 3.94. The molecule has 0 N–H and O–H groups in total. The molecule has 1 fully saturated rings. The SMILES string of the molecule is Cc1ccc(=O)n(CC(=O)N2CCC[C@@H](c3ccnc(N(C)C)c3)C2)n1. The molecule has 1 saturated heterocycles. The highest BCUT2D eigenvalue weighted by Gasteiger charge is 2.25. The van der Waals surface area contributed by atoms with Crippen molar-refractivity contribution in [1.82, 2.24) is 19.7 Å². The summed E-state index contributed by atoms with van der Waals surface area (Å²) in [5, 5.41) is 4.16. The minimum absolute atomic E-state index is 0.00741. The molecule has 0 radical (unpaired) electrons. The maximum Gasteiger partial charge on any atom is 0.267 e. The van der Waals surface area contributed by atoms with Gasteiger partial charge in [0.1, 0.15) is 12.4 Å². The Morgan fingerprint density at radius 2 is 2.12 bits per heavy atom. The summed E-state index contributed by atoms with van der Waals surface area (Å²) in [5.74, 6) is 1.15. The third-order valence-corrected chi connectivity index (χ3v) is 4.76. The van der Waals surface area contributed by atoms with Crippen LogP contribution in [0.15, 0.2) is 35.3 Å². The van der Waals surface area contributed by atoms with Crippen molar-refractivity contribution in [3.8, 4) is 0 Å². The number of pyridine rings is 1. The lowest BCUT2D eigenvalue weighted by Gasteiger charge is -2.33. The number of rotatable bonds is 4. The van der Waals surface area contributed by atoms with E-state index in [4.69, 9.17) is 0 Å². The van der Waals surface area contributed by atoms with E-state index in [2.05, 4.69) is 16.1 Å². The summed E-state index contributed by atoms with van der Waals surface area (Å²) >= 11 is 0. The molecular formula is C19H25N5O2. The van der Waals surface area contributed by atoms with Crippen LogP contribution in [-0.4, -0.2) is 52.8 Å². The van der Waals surface area contributed by atoms with E-state index in [0.717, 1.165) is 30.9 Å². The second kappa shape index (κ2) is 7.68. The van der Waals surface area contributed by atoms with Crippen LogP contribution in [0.3, 0.4) is 0 Å². The van der Waals surface area contributed by atoms with E-state index in [1.54, 1.807) is 6.07 Å². The van der Waals surface area contributed by atoms with Gasteiger partial charge in [-0.1, -0.05) is 0 Å². The van der Waals surface area contributed by atoms with Gasteiger partial charge >= 0.3 is 0 Å². The number of amides is 1. The van der Waals surface area contributed by atoms with Gasteiger partial charge in [-0.15, -0.1) is 0 Å². The molecule has 0 bridgehead atoms. The van der Waals surface area contributed by atoms with E-state index < -0.39 is 0 Å². The number of carbonyl (C=O) groups is 1. The number of nitrogens with zero attached hydrogens (tertiary/aromatic N) is 5. The minimum atomic E-state index is -0.248. The van der Waals surface area contributed by atoms with E-state index >= 15 is 0 Å². The number of aromatic nitrogens is 3. The second-order valence-electron chi connectivity index (χ2n) is 6.99. The molecule has 1 aliphatic heterocycles. The summed E-state index contributed by atoms with van der Waals surface area (Å²) < 4.78 is 1.25. The Morgan fingerprint density at radius 1 is 1.31 bits per heavy atom. The molecule has 0 aromatic carbocycles. The molecular weight excluding hydrogens is 330 g/mol. The van der Waals surface area contributed by atoms with Crippen LogP contribution in [0.5, 0.6) is 0 Å². The fraction of sp³-hybridized carbons (Fsp3) is 0.474. The van der Waals surface area contributed by atoms with Gasteiger partial charge in [-0.25, -0.2) is 9.67 Å². The zero-order chi connectivity index (χ0) is 18.7. The van der Waals surface area contributed by atoms with E-state index in [1.165, 1.54) is 16.3 Å². The highest BCUT2D eigenvalue weighted by atomic mass is 16.2. The number of hydrogen-bond acceptors (Lipinski definition) is 5. The Bertz CT molecular complexity index is 846. The zero-order valence-corrected chi connectivity index (χ0v) is 15.6. The summed E-state index contributed by atoms with van der Waals surface area (Å²) in [6.07, 6.45) is 3.82. The molecule has 3 rings (SSSR count). The molecule has 1 aliphatic rings. The lowest BCUT2D eigenvalue weighted by atomic mass is 9.91. The van der Waals surface area contributed by atoms with Crippen LogP contribution in [-0.2, 0) is 11.3 Å². The van der Waals surface area contributed by atoms with Crippen molar-refractivity contribution in [2.24, 2.45) is 0 Å². The predicted molar refractivity (Wildman–Crippen MR) is 100 cm³/mol. The Labute approximate surface area is 153 Å². The Hall–Kier alpha value is -2.70. The fourth-order valence-electron chi connectivity index (χ4n) is 3.30. The number of hydrogen-bond donors (Lipinski definition) is 0. The third kappa shape index (κ3) is 4.09. The van der Waals surface area contributed by atoms with Gasteiger partial charge in [-0.3, -0.25) is 9.59 Å². The highest BCUT2D eigenvalue weighted by molar-refractivity contribution is 5.76. The van der Waals surface area contributed by atoms with Crippen molar-refractivity contribution in [3.63, 3.8) is 0 Å². The Balaban J connectivity index is 1.72. The van der Waals surface area contributed by atoms with Crippen LogP contribution in [0.25, 0.3) is 0 Å². The van der Waals surface area contributed by atoms with Gasteiger partial charge in [0.2, 0.25) is 5.91 Å². The van der Waals surface area contributed by atoms with Crippen LogP contribution in [0, 0.1) is 6.92 Å². The summed E-state index contributed by atoms with van der Waals surface area (Å²) in [4.78, 5) is 32.8. The summed E-state index contributed by atoms with van der Waals surface area (Å²) in [6.45, 7) is 3.19. The van der Waals surface area contributed by atoms with Crippen molar-refractivity contribution >= 4 is 11.7 Å². The highest BCUT2D eigenvalue weighted by Crippen LogP contribution is 2.28. The lowest BCUT2D eigenvalue weighted by Crippen LogP contribution is -2.42. The molecule has 2 aromatic rings. The van der Waals surface area contributed by atoms with Crippen LogP contribution in [0.4, 0.5) is 5.82 Å². The molecule has 138 valence electrons. The average Bonchev–Trinajstić information content (AvgIpc) is 2.65. The molecule has 0 spiro atoms. The van der Waals surface area contributed by atoms with Crippen molar-refractivity contribution in [2.75, 3.05) is 32.1 Å². The van der Waals surface area contributed by atoms with Crippen LogP contribution < -0.4 is 10.5 Å². The molecule has 0 aliphatic carbocycles. The molecule has 0 unspecified atom stereocenters. The van der Waals surface area contributed by atoms with Gasteiger partial charge < -0.3 is 9.80 Å². The molecule has 3 heterocycles.